The van der Waals surface area contributed by atoms with E-state index in [4.69, 9.17) is 10.5 Å². The molecule has 0 bridgehead atoms. The van der Waals surface area contributed by atoms with Crippen LogP contribution in [0.2, 0.25) is 0 Å². The van der Waals surface area contributed by atoms with Crippen LogP contribution in [0.15, 0.2) is 24.3 Å². The highest BCUT2D eigenvalue weighted by atomic mass is 35.5. The number of aliphatic hydroxyl groups is 1. The van der Waals surface area contributed by atoms with E-state index >= 15 is 0 Å². The maximum atomic E-state index is 11.6. The van der Waals surface area contributed by atoms with Crippen molar-refractivity contribution < 1.29 is 14.6 Å². The van der Waals surface area contributed by atoms with E-state index in [0.717, 1.165) is 12.8 Å². The third-order valence-corrected chi connectivity index (χ3v) is 3.20. The molecule has 1 aliphatic rings. The van der Waals surface area contributed by atoms with Crippen LogP contribution < -0.4 is 5.73 Å². The van der Waals surface area contributed by atoms with Gasteiger partial charge >= 0.3 is 5.97 Å². The summed E-state index contributed by atoms with van der Waals surface area (Å²) in [4.78, 5) is 11.6. The quantitative estimate of drug-likeness (QED) is 0.817. The molecule has 18 heavy (non-hydrogen) atoms. The van der Waals surface area contributed by atoms with Gasteiger partial charge in [-0.05, 0) is 30.4 Å². The Balaban J connectivity index is 0.00000162. The number of halogens is 1. The van der Waals surface area contributed by atoms with Crippen LogP contribution in [0.5, 0.6) is 0 Å². The molecule has 0 aliphatic heterocycles. The van der Waals surface area contributed by atoms with Gasteiger partial charge in [0.15, 0.2) is 0 Å². The van der Waals surface area contributed by atoms with Gasteiger partial charge in [0, 0.05) is 0 Å². The van der Waals surface area contributed by atoms with E-state index in [-0.39, 0.29) is 18.3 Å². The number of nitrogens with two attached hydrogens (primary N) is 1. The summed E-state index contributed by atoms with van der Waals surface area (Å²) in [6, 6.07) is 6.47. The number of esters is 1. The molecule has 0 heterocycles. The summed E-state index contributed by atoms with van der Waals surface area (Å²) in [5.41, 5.74) is 7.10. The highest BCUT2D eigenvalue weighted by Gasteiger charge is 2.35. The summed E-state index contributed by atoms with van der Waals surface area (Å²) in [5.74, 6) is -0.144. The summed E-state index contributed by atoms with van der Waals surface area (Å²) < 4.78 is 4.71. The number of carbonyl (C=O) groups is 1. The first kappa shape index (κ1) is 15.0. The monoisotopic (exact) mass is 271 g/mol. The molecular formula is C13H18ClNO3. The average molecular weight is 272 g/mol. The van der Waals surface area contributed by atoms with Gasteiger partial charge in [0.25, 0.3) is 0 Å². The topological polar surface area (TPSA) is 72.5 Å². The van der Waals surface area contributed by atoms with Crippen LogP contribution in [-0.2, 0) is 4.74 Å². The smallest absolute Gasteiger partial charge is 0.338 e. The highest BCUT2D eigenvalue weighted by molar-refractivity contribution is 5.91. The fourth-order valence-electron chi connectivity index (χ4n) is 2.00. The molecule has 5 heteroatoms. The largest absolute Gasteiger partial charge is 0.465 e. The fourth-order valence-corrected chi connectivity index (χ4v) is 2.00. The van der Waals surface area contributed by atoms with Crippen LogP contribution in [0.1, 0.15) is 34.8 Å². The second-order valence-corrected chi connectivity index (χ2v) is 4.43. The Kier molecular flexibility index (Phi) is 5.14. The van der Waals surface area contributed by atoms with Gasteiger partial charge in [-0.25, -0.2) is 4.79 Å². The van der Waals surface area contributed by atoms with E-state index in [1.54, 1.807) is 24.3 Å². The zero-order chi connectivity index (χ0) is 12.4. The molecular weight excluding hydrogens is 254 g/mol. The molecule has 1 aromatic carbocycles. The normalized spacial score (nSPS) is 17.5. The summed E-state index contributed by atoms with van der Waals surface area (Å²) in [6.07, 6.45) is 1.44. The lowest BCUT2D eigenvalue weighted by atomic mass is 9.95. The van der Waals surface area contributed by atoms with Crippen molar-refractivity contribution in [2.45, 2.75) is 25.0 Å². The summed E-state index contributed by atoms with van der Waals surface area (Å²) in [5, 5.41) is 10.0. The van der Waals surface area contributed by atoms with Gasteiger partial charge in [-0.2, -0.15) is 0 Å². The molecule has 100 valence electrons. The minimum atomic E-state index is -0.583. The Morgan fingerprint density at radius 3 is 2.61 bits per heavy atom. The molecule has 0 amide bonds. The molecule has 0 unspecified atom stereocenters. The molecule has 0 aromatic heterocycles. The molecule has 1 aromatic rings. The van der Waals surface area contributed by atoms with Crippen LogP contribution in [-0.4, -0.2) is 24.3 Å². The number of rotatable bonds is 4. The molecule has 4 nitrogen and oxygen atoms in total. The second kappa shape index (κ2) is 6.18. The van der Waals surface area contributed by atoms with Gasteiger partial charge in [0.05, 0.1) is 24.8 Å². The predicted octanol–water partition coefficient (Wildman–Crippen LogP) is 1.67. The van der Waals surface area contributed by atoms with Crippen LogP contribution in [0.25, 0.3) is 0 Å². The number of ether oxygens (including phenoxy) is 1. The van der Waals surface area contributed by atoms with E-state index in [1.165, 1.54) is 7.11 Å². The number of hydrogen-bond acceptors (Lipinski definition) is 4. The minimum absolute atomic E-state index is 0. The van der Waals surface area contributed by atoms with Crippen molar-refractivity contribution in [1.29, 1.82) is 0 Å². The number of carbonyl (C=O) groups excluding carboxylic acids is 1. The van der Waals surface area contributed by atoms with Gasteiger partial charge in [-0.1, -0.05) is 18.2 Å². The maximum Gasteiger partial charge on any atom is 0.338 e. The standard InChI is InChI=1S/C13H17NO3.ClH/c1-17-13(16)10-5-3-2-4-9(10)11(14)12(15)8-6-7-8;/h2-5,8,11-12,15H,6-7,14H2,1H3;1H/t11-,12+;/m1./s1. The summed E-state index contributed by atoms with van der Waals surface area (Å²) >= 11 is 0. The highest BCUT2D eigenvalue weighted by Crippen LogP contribution is 2.37. The Morgan fingerprint density at radius 2 is 2.06 bits per heavy atom. The SMILES string of the molecule is COC(=O)c1ccccc1[C@@H](N)[C@@H](O)C1CC1.Cl. The molecule has 0 spiro atoms. The number of hydrogen-bond donors (Lipinski definition) is 2. The van der Waals surface area contributed by atoms with E-state index in [2.05, 4.69) is 0 Å². The van der Waals surface area contributed by atoms with Crippen LogP contribution >= 0.6 is 12.4 Å². The Labute approximate surface area is 113 Å². The Bertz CT molecular complexity index is 420. The van der Waals surface area contributed by atoms with E-state index in [1.807, 2.05) is 0 Å². The first-order valence-electron chi connectivity index (χ1n) is 5.76. The average Bonchev–Trinajstić information content (AvgIpc) is 3.20. The summed E-state index contributed by atoms with van der Waals surface area (Å²) in [6.45, 7) is 0. The lowest BCUT2D eigenvalue weighted by molar-refractivity contribution is 0.0596. The molecule has 3 N–H and O–H groups in total. The van der Waals surface area contributed by atoms with Crippen molar-refractivity contribution in [3.63, 3.8) is 0 Å². The molecule has 1 aliphatic carbocycles. The number of benzene rings is 1. The van der Waals surface area contributed by atoms with E-state index < -0.39 is 18.1 Å². The zero-order valence-electron chi connectivity index (χ0n) is 10.2. The van der Waals surface area contributed by atoms with Crippen molar-refractivity contribution in [2.24, 2.45) is 11.7 Å². The summed E-state index contributed by atoms with van der Waals surface area (Å²) in [7, 11) is 1.34. The molecule has 1 saturated carbocycles. The maximum absolute atomic E-state index is 11.6. The molecule has 1 fully saturated rings. The zero-order valence-corrected chi connectivity index (χ0v) is 11.0. The van der Waals surface area contributed by atoms with Gasteiger partial charge < -0.3 is 15.6 Å². The lowest BCUT2D eigenvalue weighted by Crippen LogP contribution is -2.29. The Hall–Kier alpha value is -1.10. The predicted molar refractivity (Wildman–Crippen MR) is 70.7 cm³/mol. The van der Waals surface area contributed by atoms with Gasteiger partial charge in [0.2, 0.25) is 0 Å². The third-order valence-electron chi connectivity index (χ3n) is 3.20. The van der Waals surface area contributed by atoms with E-state index in [0.29, 0.717) is 11.1 Å². The lowest BCUT2D eigenvalue weighted by Gasteiger charge is -2.20. The van der Waals surface area contributed by atoms with Gasteiger partial charge in [-0.15, -0.1) is 12.4 Å². The minimum Gasteiger partial charge on any atom is -0.465 e. The van der Waals surface area contributed by atoms with Crippen LogP contribution in [0.3, 0.4) is 0 Å². The second-order valence-electron chi connectivity index (χ2n) is 4.43. The molecule has 0 saturated heterocycles. The van der Waals surface area contributed by atoms with Gasteiger partial charge in [-0.3, -0.25) is 0 Å². The van der Waals surface area contributed by atoms with Crippen molar-refractivity contribution in [3.8, 4) is 0 Å². The van der Waals surface area contributed by atoms with Gasteiger partial charge in [0.1, 0.15) is 0 Å². The van der Waals surface area contributed by atoms with Crippen molar-refractivity contribution in [2.75, 3.05) is 7.11 Å². The van der Waals surface area contributed by atoms with Crippen LogP contribution in [0, 0.1) is 5.92 Å². The van der Waals surface area contributed by atoms with Crippen molar-refractivity contribution in [1.82, 2.24) is 0 Å². The number of aliphatic hydroxyl groups excluding tert-OH is 1. The third kappa shape index (κ3) is 3.02. The van der Waals surface area contributed by atoms with Crippen molar-refractivity contribution in [3.05, 3.63) is 35.4 Å². The first-order valence-corrected chi connectivity index (χ1v) is 5.76. The number of methoxy groups -OCH3 is 1. The van der Waals surface area contributed by atoms with E-state index in [9.17, 15) is 9.90 Å². The molecule has 0 radical (unpaired) electrons. The first-order chi connectivity index (χ1) is 8.15. The molecule has 2 atom stereocenters. The van der Waals surface area contributed by atoms with Crippen LogP contribution in [0.4, 0.5) is 0 Å². The van der Waals surface area contributed by atoms with Crippen molar-refractivity contribution >= 4 is 18.4 Å². The Morgan fingerprint density at radius 1 is 1.44 bits per heavy atom. The molecule has 2 rings (SSSR count). The fraction of sp³-hybridized carbons (Fsp3) is 0.462.